The van der Waals surface area contributed by atoms with Crippen LogP contribution in [0, 0.1) is 0 Å². The molecule has 23 heavy (non-hydrogen) atoms. The molecule has 0 aliphatic carbocycles. The molecule has 1 aliphatic rings. The molecule has 1 aliphatic heterocycles. The predicted octanol–water partition coefficient (Wildman–Crippen LogP) is -0.494. The molecular formula is C15H15NO7. The highest BCUT2D eigenvalue weighted by Crippen LogP contribution is 2.28. The van der Waals surface area contributed by atoms with Crippen molar-refractivity contribution in [2.75, 3.05) is 0 Å². The number of nitrogens with zero attached hydrogens (tertiary/aromatic N) is 1. The minimum absolute atomic E-state index is 0.264. The van der Waals surface area contributed by atoms with Gasteiger partial charge in [-0.3, -0.25) is 4.98 Å². The molecule has 3 rings (SSSR count). The molecule has 2 aromatic rings. The number of ether oxygens (including phenoxy) is 2. The summed E-state index contributed by atoms with van der Waals surface area (Å²) in [7, 11) is 0. The van der Waals surface area contributed by atoms with Crippen LogP contribution >= 0.6 is 0 Å². The number of carboxylic acids is 1. The second-order valence-electron chi connectivity index (χ2n) is 5.18. The van der Waals surface area contributed by atoms with Crippen LogP contribution in [0.3, 0.4) is 0 Å². The van der Waals surface area contributed by atoms with Gasteiger partial charge in [-0.15, -0.1) is 0 Å². The minimum Gasteiger partial charge on any atom is -0.479 e. The van der Waals surface area contributed by atoms with E-state index in [1.165, 1.54) is 0 Å². The molecule has 5 atom stereocenters. The molecular weight excluding hydrogens is 306 g/mol. The second-order valence-corrected chi connectivity index (χ2v) is 5.18. The first-order valence-corrected chi connectivity index (χ1v) is 6.92. The van der Waals surface area contributed by atoms with E-state index in [1.807, 2.05) is 12.1 Å². The zero-order valence-electron chi connectivity index (χ0n) is 11.8. The van der Waals surface area contributed by atoms with Gasteiger partial charge in [-0.25, -0.2) is 4.79 Å². The van der Waals surface area contributed by atoms with E-state index in [-0.39, 0.29) is 5.75 Å². The number of carbonyl (C=O) groups is 1. The highest BCUT2D eigenvalue weighted by molar-refractivity contribution is 5.84. The average molecular weight is 321 g/mol. The maximum absolute atomic E-state index is 11.1. The first-order valence-electron chi connectivity index (χ1n) is 6.92. The van der Waals surface area contributed by atoms with Crippen molar-refractivity contribution in [3.8, 4) is 5.75 Å². The van der Waals surface area contributed by atoms with E-state index < -0.39 is 36.7 Å². The summed E-state index contributed by atoms with van der Waals surface area (Å²) < 4.78 is 10.6. The molecule has 1 fully saturated rings. The lowest BCUT2D eigenvalue weighted by Gasteiger charge is -2.38. The van der Waals surface area contributed by atoms with Gasteiger partial charge in [0.05, 0.1) is 0 Å². The van der Waals surface area contributed by atoms with Gasteiger partial charge in [0.25, 0.3) is 0 Å². The van der Waals surface area contributed by atoms with Crippen molar-refractivity contribution in [3.63, 3.8) is 0 Å². The standard InChI is InChI=1S/C15H15NO7/c17-10-11(18)13(14(20)21)23-15(12(10)19)22-8-5-1-3-7-4-2-6-16-9(7)8/h1-6,10-13,15,17-19H,(H,20,21)/t10-,11-,12+,13-,15?/m0/s1. The molecule has 122 valence electrons. The van der Waals surface area contributed by atoms with Gasteiger partial charge in [-0.2, -0.15) is 0 Å². The molecule has 8 heteroatoms. The van der Waals surface area contributed by atoms with E-state index in [1.54, 1.807) is 24.4 Å². The fourth-order valence-electron chi connectivity index (χ4n) is 2.45. The number of para-hydroxylation sites is 1. The van der Waals surface area contributed by atoms with Crippen molar-refractivity contribution in [2.45, 2.75) is 30.7 Å². The maximum atomic E-state index is 11.1. The summed E-state index contributed by atoms with van der Waals surface area (Å²) in [4.78, 5) is 15.3. The van der Waals surface area contributed by atoms with Crippen LogP contribution in [0.25, 0.3) is 10.9 Å². The third-order valence-corrected chi connectivity index (χ3v) is 3.65. The van der Waals surface area contributed by atoms with Crippen LogP contribution in [-0.2, 0) is 9.53 Å². The van der Waals surface area contributed by atoms with E-state index >= 15 is 0 Å². The Labute approximate surface area is 130 Å². The Morgan fingerprint density at radius 2 is 1.83 bits per heavy atom. The van der Waals surface area contributed by atoms with Gasteiger partial charge >= 0.3 is 5.97 Å². The van der Waals surface area contributed by atoms with Gasteiger partial charge in [0, 0.05) is 11.6 Å². The monoisotopic (exact) mass is 321 g/mol. The Hall–Kier alpha value is -2.26. The lowest BCUT2D eigenvalue weighted by Crippen LogP contribution is -2.61. The molecule has 2 heterocycles. The average Bonchev–Trinajstić information content (AvgIpc) is 2.55. The zero-order chi connectivity index (χ0) is 16.6. The van der Waals surface area contributed by atoms with Gasteiger partial charge in [0.1, 0.15) is 29.6 Å². The number of aromatic nitrogens is 1. The van der Waals surface area contributed by atoms with E-state index in [4.69, 9.17) is 14.6 Å². The SMILES string of the molecule is O=C(O)[C@H]1OC(Oc2cccc3cccnc23)[C@H](O)[C@@H](O)[C@@H]1O. The van der Waals surface area contributed by atoms with Gasteiger partial charge < -0.3 is 29.9 Å². The molecule has 1 aromatic carbocycles. The number of hydrogen-bond acceptors (Lipinski definition) is 7. The Morgan fingerprint density at radius 1 is 1.09 bits per heavy atom. The van der Waals surface area contributed by atoms with Gasteiger partial charge in [-0.1, -0.05) is 18.2 Å². The van der Waals surface area contributed by atoms with Crippen LogP contribution in [0.15, 0.2) is 36.5 Å². The summed E-state index contributed by atoms with van der Waals surface area (Å²) in [6.45, 7) is 0. The summed E-state index contributed by atoms with van der Waals surface area (Å²) in [5.41, 5.74) is 0.498. The number of aliphatic carboxylic acids is 1. The summed E-state index contributed by atoms with van der Waals surface area (Å²) in [6.07, 6.45) is -6.68. The predicted molar refractivity (Wildman–Crippen MR) is 76.7 cm³/mol. The minimum atomic E-state index is -1.76. The first kappa shape index (κ1) is 15.6. The highest BCUT2D eigenvalue weighted by Gasteiger charge is 2.48. The number of pyridine rings is 1. The van der Waals surface area contributed by atoms with Gasteiger partial charge in [0.2, 0.25) is 6.29 Å². The van der Waals surface area contributed by atoms with Crippen LogP contribution < -0.4 is 4.74 Å². The molecule has 0 radical (unpaired) electrons. The van der Waals surface area contributed by atoms with Crippen molar-refractivity contribution >= 4 is 16.9 Å². The third kappa shape index (κ3) is 2.84. The number of hydrogen-bond donors (Lipinski definition) is 4. The summed E-state index contributed by atoms with van der Waals surface area (Å²) >= 11 is 0. The highest BCUT2D eigenvalue weighted by atomic mass is 16.7. The topological polar surface area (TPSA) is 129 Å². The fourth-order valence-corrected chi connectivity index (χ4v) is 2.45. The molecule has 1 saturated heterocycles. The first-order chi connectivity index (χ1) is 11.0. The summed E-state index contributed by atoms with van der Waals surface area (Å²) in [5, 5.41) is 39.2. The third-order valence-electron chi connectivity index (χ3n) is 3.65. The van der Waals surface area contributed by atoms with Crippen molar-refractivity contribution in [1.29, 1.82) is 0 Å². The Balaban J connectivity index is 1.90. The largest absolute Gasteiger partial charge is 0.479 e. The lowest BCUT2D eigenvalue weighted by molar-refractivity contribution is -0.270. The smallest absolute Gasteiger partial charge is 0.335 e. The second kappa shape index (κ2) is 6.09. The Kier molecular flexibility index (Phi) is 4.14. The number of aliphatic hydroxyl groups excluding tert-OH is 3. The lowest BCUT2D eigenvalue weighted by atomic mass is 9.99. The molecule has 0 amide bonds. The van der Waals surface area contributed by atoms with Crippen LogP contribution in [-0.4, -0.2) is 62.1 Å². The van der Waals surface area contributed by atoms with E-state index in [2.05, 4.69) is 4.98 Å². The molecule has 1 aromatic heterocycles. The van der Waals surface area contributed by atoms with Gasteiger partial charge in [-0.05, 0) is 12.1 Å². The van der Waals surface area contributed by atoms with E-state index in [0.29, 0.717) is 5.52 Å². The number of aliphatic hydroxyl groups is 3. The molecule has 1 unspecified atom stereocenters. The maximum Gasteiger partial charge on any atom is 0.335 e. The molecule has 0 spiro atoms. The van der Waals surface area contributed by atoms with Crippen LogP contribution in [0.4, 0.5) is 0 Å². The normalized spacial score (nSPS) is 31.0. The number of fused-ring (bicyclic) bond motifs is 1. The van der Waals surface area contributed by atoms with Crippen molar-refractivity contribution < 1.29 is 34.7 Å². The van der Waals surface area contributed by atoms with E-state index in [9.17, 15) is 20.1 Å². The fraction of sp³-hybridized carbons (Fsp3) is 0.333. The van der Waals surface area contributed by atoms with Crippen LogP contribution in [0.5, 0.6) is 5.75 Å². The quantitative estimate of drug-likeness (QED) is 0.596. The molecule has 0 bridgehead atoms. The number of benzene rings is 1. The number of carboxylic acid groups (broad SMARTS) is 1. The van der Waals surface area contributed by atoms with E-state index in [0.717, 1.165) is 5.39 Å². The van der Waals surface area contributed by atoms with Crippen LogP contribution in [0.1, 0.15) is 0 Å². The Morgan fingerprint density at radius 3 is 2.57 bits per heavy atom. The summed E-state index contributed by atoms with van der Waals surface area (Å²) in [5.74, 6) is -1.20. The Bertz CT molecular complexity index is 717. The molecule has 8 nitrogen and oxygen atoms in total. The van der Waals surface area contributed by atoms with Crippen molar-refractivity contribution in [2.24, 2.45) is 0 Å². The molecule has 4 N–H and O–H groups in total. The van der Waals surface area contributed by atoms with Gasteiger partial charge in [0.15, 0.2) is 6.10 Å². The molecule has 0 saturated carbocycles. The zero-order valence-corrected chi connectivity index (χ0v) is 11.8. The van der Waals surface area contributed by atoms with Crippen molar-refractivity contribution in [1.82, 2.24) is 4.98 Å². The number of rotatable bonds is 3. The summed E-state index contributed by atoms with van der Waals surface area (Å²) in [6, 6.07) is 8.66. The van der Waals surface area contributed by atoms with Crippen molar-refractivity contribution in [3.05, 3.63) is 36.5 Å². The van der Waals surface area contributed by atoms with Crippen LogP contribution in [0.2, 0.25) is 0 Å².